The Morgan fingerprint density at radius 2 is 1.44 bits per heavy atom. The molecule has 86 valence electrons. The molecule has 0 N–H and O–H groups in total. The smallest absolute Gasteiger partial charge is 0.259 e. The molecule has 16 heavy (non-hydrogen) atoms. The Morgan fingerprint density at radius 3 is 1.81 bits per heavy atom. The van der Waals surface area contributed by atoms with Gasteiger partial charge in [-0.1, -0.05) is 18.2 Å². The predicted molar refractivity (Wildman–Crippen MR) is 49.8 cm³/mol. The molecule has 1 rings (SSSR count). The molecule has 0 saturated carbocycles. The van der Waals surface area contributed by atoms with Gasteiger partial charge in [-0.25, -0.2) is 9.25 Å². The maximum Gasteiger partial charge on any atom is 0.438 e. The molecule has 9 nitrogen and oxygen atoms in total. The van der Waals surface area contributed by atoms with Crippen molar-refractivity contribution in [3.63, 3.8) is 0 Å². The van der Waals surface area contributed by atoms with Crippen LogP contribution in [0.15, 0.2) is 30.3 Å². The molecule has 0 spiro atoms. The zero-order valence-corrected chi connectivity index (χ0v) is 8.48. The molecular weight excluding hydrogens is 243 g/mol. The topological polar surface area (TPSA) is 122 Å². The van der Waals surface area contributed by atoms with Crippen LogP contribution in [-0.4, -0.2) is 10.2 Å². The van der Waals surface area contributed by atoms with Crippen LogP contribution < -0.4 is 5.30 Å². The monoisotopic (exact) mass is 248 g/mol. The van der Waals surface area contributed by atoms with Gasteiger partial charge in [0.15, 0.2) is 0 Å². The normalized spacial score (nSPS) is 10.5. The van der Waals surface area contributed by atoms with Crippen molar-refractivity contribution in [1.82, 2.24) is 0 Å². The predicted octanol–water partition coefficient (Wildman–Crippen LogP) is 0.922. The minimum atomic E-state index is -4.58. The molecule has 0 amide bonds. The molecule has 0 aliphatic rings. The van der Waals surface area contributed by atoms with E-state index >= 15 is 0 Å². The Kier molecular flexibility index (Phi) is 3.41. The third-order valence-corrected chi connectivity index (χ3v) is 3.05. The molecule has 0 radical (unpaired) electrons. The van der Waals surface area contributed by atoms with E-state index in [0.29, 0.717) is 0 Å². The van der Waals surface area contributed by atoms with Crippen LogP contribution in [0.4, 0.5) is 0 Å². The first-order valence-corrected chi connectivity index (χ1v) is 5.32. The van der Waals surface area contributed by atoms with Gasteiger partial charge in [-0.2, -0.15) is 0 Å². The lowest BCUT2D eigenvalue weighted by Crippen LogP contribution is -2.15. The Labute approximate surface area is 88.3 Å². The maximum absolute atomic E-state index is 11.7. The summed E-state index contributed by atoms with van der Waals surface area (Å²) in [4.78, 5) is 20.2. The van der Waals surface area contributed by atoms with Gasteiger partial charge in [0.25, 0.3) is 0 Å². The van der Waals surface area contributed by atoms with Crippen LogP contribution in [0.2, 0.25) is 0 Å². The van der Waals surface area contributed by atoms with Crippen molar-refractivity contribution < 1.29 is 24.0 Å². The van der Waals surface area contributed by atoms with Crippen molar-refractivity contribution in [3.05, 3.63) is 50.6 Å². The first-order chi connectivity index (χ1) is 7.44. The minimum absolute atomic E-state index is 0.275. The molecule has 10 heteroatoms. The molecule has 0 atom stereocenters. The van der Waals surface area contributed by atoms with E-state index in [0.717, 1.165) is 12.1 Å². The SMILES string of the molecule is O=[N+]([O-])OP(=O)(O[N+](=O)[O-])c1ccccc1. The Balaban J connectivity index is 3.09. The van der Waals surface area contributed by atoms with E-state index in [2.05, 4.69) is 9.25 Å². The summed E-state index contributed by atoms with van der Waals surface area (Å²) in [7, 11) is -4.58. The standard InChI is InChI=1S/C6H5N2O7P/c9-7(10)14-16(13,15-8(11)12)6-4-2-1-3-5-6/h1-5H. The van der Waals surface area contributed by atoms with Crippen molar-refractivity contribution in [2.45, 2.75) is 0 Å². The summed E-state index contributed by atoms with van der Waals surface area (Å²) in [5.41, 5.74) is 0. The van der Waals surface area contributed by atoms with Crippen LogP contribution in [0.5, 0.6) is 0 Å². The van der Waals surface area contributed by atoms with E-state index in [4.69, 9.17) is 0 Å². The zero-order valence-electron chi connectivity index (χ0n) is 7.59. The van der Waals surface area contributed by atoms with Crippen LogP contribution >= 0.6 is 7.60 Å². The summed E-state index contributed by atoms with van der Waals surface area (Å²) in [5.74, 6) is 0. The molecule has 0 aliphatic heterocycles. The van der Waals surface area contributed by atoms with Gasteiger partial charge in [-0.15, -0.1) is 20.2 Å². The molecule has 0 unspecified atom stereocenters. The van der Waals surface area contributed by atoms with E-state index in [-0.39, 0.29) is 5.30 Å². The fraction of sp³-hybridized carbons (Fsp3) is 0. The number of hydrogen-bond donors (Lipinski definition) is 0. The minimum Gasteiger partial charge on any atom is -0.259 e. The third kappa shape index (κ3) is 2.92. The van der Waals surface area contributed by atoms with E-state index in [1.165, 1.54) is 18.2 Å². The highest BCUT2D eigenvalue weighted by Crippen LogP contribution is 2.46. The first kappa shape index (κ1) is 11.9. The zero-order chi connectivity index (χ0) is 12.2. The van der Waals surface area contributed by atoms with Gasteiger partial charge < -0.3 is 0 Å². The largest absolute Gasteiger partial charge is 0.438 e. The highest BCUT2D eigenvalue weighted by atomic mass is 31.2. The lowest BCUT2D eigenvalue weighted by molar-refractivity contribution is -0.748. The van der Waals surface area contributed by atoms with Gasteiger partial charge in [0.1, 0.15) is 0 Å². The average Bonchev–Trinajstić information content (AvgIpc) is 2.16. The van der Waals surface area contributed by atoms with Gasteiger partial charge in [-0.3, -0.25) is 4.57 Å². The van der Waals surface area contributed by atoms with Crippen molar-refractivity contribution in [2.75, 3.05) is 0 Å². The molecule has 0 fully saturated rings. The second-order valence-electron chi connectivity index (χ2n) is 2.44. The summed E-state index contributed by atoms with van der Waals surface area (Å²) in [5, 5.41) is 17.1. The molecule has 0 aliphatic carbocycles. The van der Waals surface area contributed by atoms with Crippen LogP contribution in [0.25, 0.3) is 0 Å². The van der Waals surface area contributed by atoms with E-state index in [1.54, 1.807) is 0 Å². The van der Waals surface area contributed by atoms with Crippen LogP contribution in [0.1, 0.15) is 0 Å². The second kappa shape index (κ2) is 4.58. The number of hydrogen-bond acceptors (Lipinski definition) is 7. The van der Waals surface area contributed by atoms with Crippen molar-refractivity contribution in [3.8, 4) is 0 Å². The van der Waals surface area contributed by atoms with Crippen LogP contribution in [-0.2, 0) is 13.8 Å². The number of benzene rings is 1. The molecule has 1 aromatic rings. The molecular formula is C6H5N2O7P. The summed E-state index contributed by atoms with van der Waals surface area (Å²) in [6, 6.07) is 6.62. The Morgan fingerprint density at radius 1 is 1.00 bits per heavy atom. The summed E-state index contributed by atoms with van der Waals surface area (Å²) < 4.78 is 19.2. The van der Waals surface area contributed by atoms with Gasteiger partial charge in [-0.05, 0) is 12.1 Å². The fourth-order valence-electron chi connectivity index (χ4n) is 0.895. The van der Waals surface area contributed by atoms with E-state index < -0.39 is 17.8 Å². The first-order valence-electron chi connectivity index (χ1n) is 3.78. The van der Waals surface area contributed by atoms with Gasteiger partial charge >= 0.3 is 17.8 Å². The Hall–Kier alpha value is -2.15. The van der Waals surface area contributed by atoms with E-state index in [1.807, 2.05) is 0 Å². The third-order valence-electron chi connectivity index (χ3n) is 1.42. The van der Waals surface area contributed by atoms with Gasteiger partial charge in [0, 0.05) is 0 Å². The maximum atomic E-state index is 11.7. The number of nitrogens with zero attached hydrogens (tertiary/aromatic N) is 2. The van der Waals surface area contributed by atoms with E-state index in [9.17, 15) is 24.8 Å². The lowest BCUT2D eigenvalue weighted by atomic mass is 10.4. The summed E-state index contributed by atoms with van der Waals surface area (Å²) in [6.07, 6.45) is 0. The van der Waals surface area contributed by atoms with Gasteiger partial charge in [0.2, 0.25) is 0 Å². The molecule has 0 saturated heterocycles. The van der Waals surface area contributed by atoms with Crippen LogP contribution in [0, 0.1) is 20.2 Å². The van der Waals surface area contributed by atoms with Crippen molar-refractivity contribution >= 4 is 12.9 Å². The molecule has 1 aromatic carbocycles. The quantitative estimate of drug-likeness (QED) is 0.431. The molecule has 0 bridgehead atoms. The lowest BCUT2D eigenvalue weighted by Gasteiger charge is -2.12. The summed E-state index contributed by atoms with van der Waals surface area (Å²) >= 11 is 0. The van der Waals surface area contributed by atoms with Crippen LogP contribution in [0.3, 0.4) is 0 Å². The molecule has 0 heterocycles. The highest BCUT2D eigenvalue weighted by Gasteiger charge is 2.34. The highest BCUT2D eigenvalue weighted by molar-refractivity contribution is 7.61. The van der Waals surface area contributed by atoms with Crippen molar-refractivity contribution in [1.29, 1.82) is 0 Å². The fourth-order valence-corrected chi connectivity index (χ4v) is 2.00. The van der Waals surface area contributed by atoms with Crippen molar-refractivity contribution in [2.24, 2.45) is 0 Å². The summed E-state index contributed by atoms with van der Waals surface area (Å²) in [6.45, 7) is 0. The number of rotatable bonds is 5. The second-order valence-corrected chi connectivity index (χ2v) is 4.28. The Bertz CT molecular complexity index is 427. The molecule has 0 aromatic heterocycles. The van der Waals surface area contributed by atoms with Gasteiger partial charge in [0.05, 0.1) is 5.30 Å². The average molecular weight is 248 g/mol.